The third-order valence-corrected chi connectivity index (χ3v) is 2.34. The molecule has 0 atom stereocenters. The first-order valence-electron chi connectivity index (χ1n) is 5.81. The number of nitrogens with zero attached hydrogens (tertiary/aromatic N) is 2. The molecule has 0 radical (unpaired) electrons. The van der Waals surface area contributed by atoms with Gasteiger partial charge in [-0.05, 0) is 12.5 Å². The van der Waals surface area contributed by atoms with E-state index in [-0.39, 0.29) is 12.5 Å². The van der Waals surface area contributed by atoms with Crippen LogP contribution in [0.15, 0.2) is 12.3 Å². The van der Waals surface area contributed by atoms with E-state index in [0.717, 1.165) is 36.2 Å². The van der Waals surface area contributed by atoms with Crippen molar-refractivity contribution in [2.45, 2.75) is 38.9 Å². The Kier molecular flexibility index (Phi) is 5.18. The largest absolute Gasteiger partial charge is 0.435 e. The Morgan fingerprint density at radius 3 is 2.72 bits per heavy atom. The van der Waals surface area contributed by atoms with E-state index < -0.39 is 11.9 Å². The summed E-state index contributed by atoms with van der Waals surface area (Å²) >= 11 is 0. The van der Waals surface area contributed by atoms with Crippen molar-refractivity contribution in [3.8, 4) is 0 Å². The maximum Gasteiger partial charge on any atom is 0.435 e. The number of carbonyl (C=O) groups excluding carboxylic acids is 1. The zero-order valence-corrected chi connectivity index (χ0v) is 10.1. The van der Waals surface area contributed by atoms with E-state index >= 15 is 0 Å². The fraction of sp³-hybridized carbons (Fsp3) is 0.636. The van der Waals surface area contributed by atoms with Gasteiger partial charge in [0, 0.05) is 12.7 Å². The summed E-state index contributed by atoms with van der Waals surface area (Å²) in [6.45, 7) is 2.40. The van der Waals surface area contributed by atoms with Gasteiger partial charge in [-0.1, -0.05) is 19.8 Å². The van der Waals surface area contributed by atoms with Crippen LogP contribution in [0.25, 0.3) is 0 Å². The quantitative estimate of drug-likeness (QED) is 0.800. The van der Waals surface area contributed by atoms with Gasteiger partial charge in [-0.15, -0.1) is 0 Å². The molecule has 1 N–H and O–H groups in total. The van der Waals surface area contributed by atoms with E-state index in [4.69, 9.17) is 0 Å². The van der Waals surface area contributed by atoms with Crippen LogP contribution in [-0.4, -0.2) is 22.2 Å². The summed E-state index contributed by atoms with van der Waals surface area (Å²) in [6, 6.07) is 0.852. The van der Waals surface area contributed by atoms with Crippen LogP contribution in [-0.2, 0) is 17.5 Å². The molecule has 0 aliphatic rings. The smallest absolute Gasteiger partial charge is 0.354 e. The lowest BCUT2D eigenvalue weighted by Crippen LogP contribution is -2.28. The van der Waals surface area contributed by atoms with Crippen molar-refractivity contribution in [2.24, 2.45) is 0 Å². The zero-order valence-electron chi connectivity index (χ0n) is 10.1. The van der Waals surface area contributed by atoms with Crippen LogP contribution in [0.3, 0.4) is 0 Å². The highest BCUT2D eigenvalue weighted by molar-refractivity contribution is 5.75. The van der Waals surface area contributed by atoms with Gasteiger partial charge in [-0.25, -0.2) is 0 Å². The predicted octanol–water partition coefficient (Wildman–Crippen LogP) is 2.21. The first-order chi connectivity index (χ1) is 8.43. The molecule has 0 fully saturated rings. The molecule has 0 unspecified atom stereocenters. The highest BCUT2D eigenvalue weighted by atomic mass is 19.4. The third kappa shape index (κ3) is 4.77. The number of hydrogen-bond donors (Lipinski definition) is 1. The van der Waals surface area contributed by atoms with E-state index in [1.165, 1.54) is 0 Å². The SMILES string of the molecule is CCCCCNC(=O)Cn1ccc(C(F)(F)F)n1. The minimum Gasteiger partial charge on any atom is -0.354 e. The maximum atomic E-state index is 12.2. The number of alkyl halides is 3. The fourth-order valence-corrected chi connectivity index (χ4v) is 1.41. The molecule has 1 aromatic heterocycles. The van der Waals surface area contributed by atoms with Crippen LogP contribution >= 0.6 is 0 Å². The molecule has 1 heterocycles. The van der Waals surface area contributed by atoms with Crippen molar-refractivity contribution < 1.29 is 18.0 Å². The van der Waals surface area contributed by atoms with Gasteiger partial charge >= 0.3 is 6.18 Å². The molecule has 18 heavy (non-hydrogen) atoms. The van der Waals surface area contributed by atoms with E-state index in [9.17, 15) is 18.0 Å². The van der Waals surface area contributed by atoms with E-state index in [0.29, 0.717) is 6.54 Å². The van der Waals surface area contributed by atoms with Crippen molar-refractivity contribution in [1.82, 2.24) is 15.1 Å². The molecule has 0 spiro atoms. The number of hydrogen-bond acceptors (Lipinski definition) is 2. The summed E-state index contributed by atoms with van der Waals surface area (Å²) in [5, 5.41) is 5.93. The molecule has 7 heteroatoms. The van der Waals surface area contributed by atoms with Gasteiger partial charge in [0.05, 0.1) is 0 Å². The summed E-state index contributed by atoms with van der Waals surface area (Å²) in [5.74, 6) is -0.331. The van der Waals surface area contributed by atoms with Crippen LogP contribution in [0.4, 0.5) is 13.2 Å². The number of halogens is 3. The second-order valence-electron chi connectivity index (χ2n) is 3.95. The highest BCUT2D eigenvalue weighted by Crippen LogP contribution is 2.27. The van der Waals surface area contributed by atoms with Gasteiger partial charge < -0.3 is 5.32 Å². The van der Waals surface area contributed by atoms with Crippen LogP contribution in [0.2, 0.25) is 0 Å². The predicted molar refractivity (Wildman–Crippen MR) is 59.8 cm³/mol. The van der Waals surface area contributed by atoms with E-state index in [2.05, 4.69) is 10.4 Å². The lowest BCUT2D eigenvalue weighted by Gasteiger charge is -2.05. The average molecular weight is 263 g/mol. The molecule has 0 aromatic carbocycles. The molecule has 4 nitrogen and oxygen atoms in total. The van der Waals surface area contributed by atoms with Gasteiger partial charge in [0.15, 0.2) is 5.69 Å². The molecule has 0 aliphatic carbocycles. The Labute approximate surface area is 103 Å². The average Bonchev–Trinajstić information content (AvgIpc) is 2.72. The number of rotatable bonds is 6. The van der Waals surface area contributed by atoms with Crippen LogP contribution in [0.5, 0.6) is 0 Å². The van der Waals surface area contributed by atoms with Gasteiger partial charge in [-0.3, -0.25) is 9.48 Å². The summed E-state index contributed by atoms with van der Waals surface area (Å²) in [5.41, 5.74) is -0.985. The Balaban J connectivity index is 2.38. The second-order valence-corrected chi connectivity index (χ2v) is 3.95. The van der Waals surface area contributed by atoms with Gasteiger partial charge in [-0.2, -0.15) is 18.3 Å². The molecule has 0 saturated heterocycles. The minimum atomic E-state index is -4.47. The second kappa shape index (κ2) is 6.42. The fourth-order valence-electron chi connectivity index (χ4n) is 1.41. The summed E-state index contributed by atoms with van der Waals surface area (Å²) in [7, 11) is 0. The normalized spacial score (nSPS) is 11.6. The van der Waals surface area contributed by atoms with Crippen molar-refractivity contribution in [2.75, 3.05) is 6.54 Å². The maximum absolute atomic E-state index is 12.2. The number of unbranched alkanes of at least 4 members (excludes halogenated alkanes) is 2. The van der Waals surface area contributed by atoms with Crippen LogP contribution in [0, 0.1) is 0 Å². The number of aromatic nitrogens is 2. The molecule has 102 valence electrons. The van der Waals surface area contributed by atoms with E-state index in [1.54, 1.807) is 0 Å². The molecule has 0 aliphatic heterocycles. The molecular formula is C11H16F3N3O. The Bertz CT molecular complexity index is 387. The number of amides is 1. The molecule has 0 bridgehead atoms. The topological polar surface area (TPSA) is 46.9 Å². The summed E-state index contributed by atoms with van der Waals surface area (Å²) in [4.78, 5) is 11.4. The number of nitrogens with one attached hydrogen (secondary N) is 1. The Morgan fingerprint density at radius 2 is 2.17 bits per heavy atom. The zero-order chi connectivity index (χ0) is 13.6. The lowest BCUT2D eigenvalue weighted by atomic mass is 10.2. The van der Waals surface area contributed by atoms with Gasteiger partial charge in [0.1, 0.15) is 6.54 Å². The van der Waals surface area contributed by atoms with Crippen molar-refractivity contribution >= 4 is 5.91 Å². The molecule has 0 saturated carbocycles. The van der Waals surface area contributed by atoms with Gasteiger partial charge in [0.2, 0.25) is 5.91 Å². The monoisotopic (exact) mass is 263 g/mol. The highest BCUT2D eigenvalue weighted by Gasteiger charge is 2.33. The Hall–Kier alpha value is -1.53. The van der Waals surface area contributed by atoms with E-state index in [1.807, 2.05) is 6.92 Å². The minimum absolute atomic E-state index is 0.192. The van der Waals surface area contributed by atoms with Crippen LogP contribution < -0.4 is 5.32 Å². The van der Waals surface area contributed by atoms with Crippen molar-refractivity contribution in [3.05, 3.63) is 18.0 Å². The first-order valence-corrected chi connectivity index (χ1v) is 5.81. The van der Waals surface area contributed by atoms with Gasteiger partial charge in [0.25, 0.3) is 0 Å². The molecular weight excluding hydrogens is 247 g/mol. The standard InChI is InChI=1S/C11H16F3N3O/c1-2-3-4-6-15-10(18)8-17-7-5-9(16-17)11(12,13)14/h5,7H,2-4,6,8H2,1H3,(H,15,18). The van der Waals surface area contributed by atoms with Crippen LogP contribution in [0.1, 0.15) is 31.9 Å². The Morgan fingerprint density at radius 1 is 1.44 bits per heavy atom. The first kappa shape index (κ1) is 14.5. The molecule has 1 rings (SSSR count). The third-order valence-electron chi connectivity index (χ3n) is 2.34. The van der Waals surface area contributed by atoms with Crippen molar-refractivity contribution in [1.29, 1.82) is 0 Å². The summed E-state index contributed by atoms with van der Waals surface area (Å²) < 4.78 is 37.7. The van der Waals surface area contributed by atoms with Crippen molar-refractivity contribution in [3.63, 3.8) is 0 Å². The molecule has 1 aromatic rings. The number of carbonyl (C=O) groups is 1. The molecule has 1 amide bonds. The summed E-state index contributed by atoms with van der Waals surface area (Å²) in [6.07, 6.45) is -0.392. The lowest BCUT2D eigenvalue weighted by molar-refractivity contribution is -0.141.